The number of benzene rings is 2. The smallest absolute Gasteiger partial charge is 0.340 e. The van der Waals surface area contributed by atoms with Crippen molar-refractivity contribution in [2.75, 3.05) is 26.6 Å². The highest BCUT2D eigenvalue weighted by molar-refractivity contribution is 7.89. The lowest BCUT2D eigenvalue weighted by Gasteiger charge is -2.24. The molecule has 0 spiro atoms. The van der Waals surface area contributed by atoms with Crippen LogP contribution < -0.4 is 14.8 Å². The molecule has 0 aromatic heterocycles. The number of carbonyl (C=O) groups excluding carboxylic acids is 3. The fraction of sp³-hybridized carbons (Fsp3) is 0.318. The van der Waals surface area contributed by atoms with E-state index in [9.17, 15) is 22.8 Å². The van der Waals surface area contributed by atoms with Crippen molar-refractivity contribution in [1.29, 1.82) is 0 Å². The molecule has 10 nitrogen and oxygen atoms in total. The summed E-state index contributed by atoms with van der Waals surface area (Å²) < 4.78 is 42.1. The Morgan fingerprint density at radius 1 is 1.03 bits per heavy atom. The first-order valence-corrected chi connectivity index (χ1v) is 11.4. The Kier molecular flexibility index (Phi) is 6.92. The molecule has 176 valence electrons. The maximum atomic E-state index is 13.1. The van der Waals surface area contributed by atoms with Crippen LogP contribution in [0.15, 0.2) is 41.3 Å². The maximum absolute atomic E-state index is 13.1. The first-order chi connectivity index (χ1) is 15.6. The standard InChI is InChI=1S/C22H24N2O8S/c1-13-5-7-14(8-6-13)33(28,29)24-17(9-10-20(24)25)21(26)23-16-12-19(31-3)18(30-2)11-15(16)22(27)32-4/h5-8,11-12,17H,9-10H2,1-4H3,(H,23,26)/t17-/m1/s1. The van der Waals surface area contributed by atoms with Crippen LogP contribution in [0, 0.1) is 6.92 Å². The molecule has 1 atom stereocenters. The lowest BCUT2D eigenvalue weighted by Crippen LogP contribution is -2.45. The third-order valence-corrected chi connectivity index (χ3v) is 7.07. The third kappa shape index (κ3) is 4.63. The van der Waals surface area contributed by atoms with Crippen LogP contribution in [0.25, 0.3) is 0 Å². The average Bonchev–Trinajstić information content (AvgIpc) is 3.20. The van der Waals surface area contributed by atoms with Gasteiger partial charge in [0.25, 0.3) is 10.0 Å². The number of anilines is 1. The van der Waals surface area contributed by atoms with Crippen molar-refractivity contribution in [3.05, 3.63) is 47.5 Å². The zero-order valence-electron chi connectivity index (χ0n) is 18.6. The molecule has 3 rings (SSSR count). The van der Waals surface area contributed by atoms with Crippen LogP contribution in [0.4, 0.5) is 5.69 Å². The number of ether oxygens (including phenoxy) is 3. The largest absolute Gasteiger partial charge is 0.493 e. The van der Waals surface area contributed by atoms with E-state index >= 15 is 0 Å². The van der Waals surface area contributed by atoms with E-state index in [0.717, 1.165) is 5.56 Å². The zero-order chi connectivity index (χ0) is 24.3. The second-order valence-electron chi connectivity index (χ2n) is 7.30. The lowest BCUT2D eigenvalue weighted by atomic mass is 10.1. The first-order valence-electron chi connectivity index (χ1n) is 9.93. The van der Waals surface area contributed by atoms with E-state index in [1.54, 1.807) is 19.1 Å². The van der Waals surface area contributed by atoms with E-state index in [4.69, 9.17) is 14.2 Å². The summed E-state index contributed by atoms with van der Waals surface area (Å²) >= 11 is 0. The Labute approximate surface area is 191 Å². The van der Waals surface area contributed by atoms with Crippen LogP contribution in [-0.2, 0) is 24.3 Å². The molecule has 1 saturated heterocycles. The van der Waals surface area contributed by atoms with Crippen molar-refractivity contribution in [2.45, 2.75) is 30.7 Å². The van der Waals surface area contributed by atoms with E-state index in [0.29, 0.717) is 4.31 Å². The molecule has 1 aliphatic heterocycles. The number of hydrogen-bond donors (Lipinski definition) is 1. The number of aryl methyl sites for hydroxylation is 1. The summed E-state index contributed by atoms with van der Waals surface area (Å²) in [6.45, 7) is 1.80. The molecule has 1 N–H and O–H groups in total. The van der Waals surface area contributed by atoms with Gasteiger partial charge in [-0.2, -0.15) is 0 Å². The Hall–Kier alpha value is -3.60. The van der Waals surface area contributed by atoms with Crippen LogP contribution in [-0.4, -0.2) is 57.9 Å². The quantitative estimate of drug-likeness (QED) is 0.602. The van der Waals surface area contributed by atoms with Crippen molar-refractivity contribution in [1.82, 2.24) is 4.31 Å². The molecule has 11 heteroatoms. The van der Waals surface area contributed by atoms with Gasteiger partial charge >= 0.3 is 5.97 Å². The number of sulfonamides is 1. The summed E-state index contributed by atoms with van der Waals surface area (Å²) in [5.41, 5.74) is 0.845. The highest BCUT2D eigenvalue weighted by atomic mass is 32.2. The zero-order valence-corrected chi connectivity index (χ0v) is 19.4. The minimum atomic E-state index is -4.26. The molecule has 0 aliphatic carbocycles. The molecular formula is C22H24N2O8S. The number of nitrogens with zero attached hydrogens (tertiary/aromatic N) is 1. The highest BCUT2D eigenvalue weighted by Gasteiger charge is 2.44. The highest BCUT2D eigenvalue weighted by Crippen LogP contribution is 2.35. The molecule has 1 aliphatic rings. The van der Waals surface area contributed by atoms with Crippen molar-refractivity contribution in [3.8, 4) is 11.5 Å². The van der Waals surface area contributed by atoms with Gasteiger partial charge in [-0.25, -0.2) is 17.5 Å². The number of rotatable bonds is 7. The summed E-state index contributed by atoms with van der Waals surface area (Å²) in [7, 11) is -0.317. The number of carbonyl (C=O) groups is 3. The average molecular weight is 477 g/mol. The van der Waals surface area contributed by atoms with Crippen molar-refractivity contribution >= 4 is 33.5 Å². The van der Waals surface area contributed by atoms with Gasteiger partial charge in [-0.15, -0.1) is 0 Å². The molecule has 0 radical (unpaired) electrons. The Bertz CT molecular complexity index is 1190. The summed E-state index contributed by atoms with van der Waals surface area (Å²) in [5, 5.41) is 2.54. The molecule has 2 aromatic rings. The lowest BCUT2D eigenvalue weighted by molar-refractivity contribution is -0.128. The fourth-order valence-electron chi connectivity index (χ4n) is 3.50. The molecule has 2 amide bonds. The van der Waals surface area contributed by atoms with Gasteiger partial charge in [0, 0.05) is 18.6 Å². The van der Waals surface area contributed by atoms with Crippen LogP contribution in [0.5, 0.6) is 11.5 Å². The summed E-state index contributed by atoms with van der Waals surface area (Å²) in [6.07, 6.45) is -0.116. The van der Waals surface area contributed by atoms with Gasteiger partial charge in [-0.1, -0.05) is 17.7 Å². The van der Waals surface area contributed by atoms with Gasteiger partial charge < -0.3 is 19.5 Å². The van der Waals surface area contributed by atoms with Gasteiger partial charge in [0.15, 0.2) is 11.5 Å². The van der Waals surface area contributed by atoms with Crippen LogP contribution in [0.2, 0.25) is 0 Å². The molecule has 1 heterocycles. The van der Waals surface area contributed by atoms with E-state index in [2.05, 4.69) is 5.32 Å². The normalized spacial score (nSPS) is 15.8. The second-order valence-corrected chi connectivity index (χ2v) is 9.11. The van der Waals surface area contributed by atoms with Gasteiger partial charge in [0.05, 0.1) is 37.5 Å². The number of methoxy groups -OCH3 is 3. The molecule has 33 heavy (non-hydrogen) atoms. The Balaban J connectivity index is 1.97. The number of esters is 1. The third-order valence-electron chi connectivity index (χ3n) is 5.23. The predicted octanol–water partition coefficient (Wildman–Crippen LogP) is 2.12. The number of amides is 2. The maximum Gasteiger partial charge on any atom is 0.340 e. The van der Waals surface area contributed by atoms with Crippen LogP contribution >= 0.6 is 0 Å². The molecular weight excluding hydrogens is 452 g/mol. The van der Waals surface area contributed by atoms with Crippen LogP contribution in [0.3, 0.4) is 0 Å². The van der Waals surface area contributed by atoms with E-state index in [-0.39, 0.29) is 40.5 Å². The Morgan fingerprint density at radius 3 is 2.21 bits per heavy atom. The van der Waals surface area contributed by atoms with Crippen LogP contribution in [0.1, 0.15) is 28.8 Å². The summed E-state index contributed by atoms with van der Waals surface area (Å²) in [5.74, 6) is -1.74. The molecule has 1 fully saturated rings. The first kappa shape index (κ1) is 24.1. The summed E-state index contributed by atoms with van der Waals surface area (Å²) in [4.78, 5) is 37.8. The number of nitrogens with one attached hydrogen (secondary N) is 1. The van der Waals surface area contributed by atoms with E-state index < -0.39 is 33.8 Å². The summed E-state index contributed by atoms with van der Waals surface area (Å²) in [6, 6.07) is 7.38. The number of hydrogen-bond acceptors (Lipinski definition) is 8. The van der Waals surface area contributed by atoms with Crippen molar-refractivity contribution < 1.29 is 37.0 Å². The fourth-order valence-corrected chi connectivity index (χ4v) is 5.10. The van der Waals surface area contributed by atoms with Crippen molar-refractivity contribution in [2.24, 2.45) is 0 Å². The monoisotopic (exact) mass is 476 g/mol. The second kappa shape index (κ2) is 9.49. The molecule has 0 bridgehead atoms. The van der Waals surface area contributed by atoms with Gasteiger partial charge in [-0.05, 0) is 25.5 Å². The topological polar surface area (TPSA) is 128 Å². The minimum absolute atomic E-state index is 0.00337. The predicted molar refractivity (Wildman–Crippen MR) is 118 cm³/mol. The molecule has 0 unspecified atom stereocenters. The van der Waals surface area contributed by atoms with Gasteiger partial charge in [0.1, 0.15) is 6.04 Å². The van der Waals surface area contributed by atoms with Crippen molar-refractivity contribution in [3.63, 3.8) is 0 Å². The van der Waals surface area contributed by atoms with E-state index in [1.807, 2.05) is 0 Å². The molecule has 2 aromatic carbocycles. The SMILES string of the molecule is COC(=O)c1cc(OC)c(OC)cc1NC(=O)[C@H]1CCC(=O)N1S(=O)(=O)c1ccc(C)cc1. The molecule has 0 saturated carbocycles. The van der Waals surface area contributed by atoms with Gasteiger partial charge in [-0.3, -0.25) is 9.59 Å². The Morgan fingerprint density at radius 2 is 1.64 bits per heavy atom. The minimum Gasteiger partial charge on any atom is -0.493 e. The van der Waals surface area contributed by atoms with Gasteiger partial charge in [0.2, 0.25) is 11.8 Å². The van der Waals surface area contributed by atoms with E-state index in [1.165, 1.54) is 45.6 Å².